The maximum Gasteiger partial charge on any atom is 0.198 e. The Kier molecular flexibility index (Phi) is 2.83. The van der Waals surface area contributed by atoms with Crippen molar-refractivity contribution in [2.24, 2.45) is 7.05 Å². The second kappa shape index (κ2) is 4.28. The molecule has 16 heavy (non-hydrogen) atoms. The summed E-state index contributed by atoms with van der Waals surface area (Å²) in [4.78, 5) is 8.10. The molecule has 7 heteroatoms. The van der Waals surface area contributed by atoms with Crippen LogP contribution in [-0.2, 0) is 7.05 Å². The number of aryl methyl sites for hydroxylation is 1. The van der Waals surface area contributed by atoms with E-state index in [1.54, 1.807) is 12.3 Å². The van der Waals surface area contributed by atoms with Crippen molar-refractivity contribution in [1.29, 1.82) is 5.26 Å². The fourth-order valence-corrected chi connectivity index (χ4v) is 1.78. The van der Waals surface area contributed by atoms with Crippen molar-refractivity contribution in [2.45, 2.75) is 17.2 Å². The molecule has 0 amide bonds. The summed E-state index contributed by atoms with van der Waals surface area (Å²) in [5, 5.41) is 17.8. The van der Waals surface area contributed by atoms with Gasteiger partial charge in [-0.2, -0.15) is 5.26 Å². The van der Waals surface area contributed by atoms with E-state index in [0.717, 1.165) is 5.82 Å². The molecule has 0 N–H and O–H groups in total. The number of hydrogen-bond donors (Lipinski definition) is 0. The van der Waals surface area contributed by atoms with E-state index < -0.39 is 0 Å². The molecule has 80 valence electrons. The third-order valence-corrected chi connectivity index (χ3v) is 2.90. The van der Waals surface area contributed by atoms with Crippen LogP contribution in [0.25, 0.3) is 0 Å². The molecule has 2 rings (SSSR count). The Hall–Kier alpha value is -1.94. The van der Waals surface area contributed by atoms with Gasteiger partial charge >= 0.3 is 0 Å². The normalized spacial score (nSPS) is 10.1. The first-order chi connectivity index (χ1) is 7.70. The van der Waals surface area contributed by atoms with Gasteiger partial charge in [0.15, 0.2) is 10.3 Å². The first kappa shape index (κ1) is 10.6. The van der Waals surface area contributed by atoms with E-state index >= 15 is 0 Å². The molecule has 0 aliphatic rings. The summed E-state index contributed by atoms with van der Waals surface area (Å²) in [6.45, 7) is 1.86. The van der Waals surface area contributed by atoms with Crippen LogP contribution in [0.1, 0.15) is 11.5 Å². The van der Waals surface area contributed by atoms with Crippen LogP contribution in [0.2, 0.25) is 0 Å². The number of nitrogens with zero attached hydrogens (tertiary/aromatic N) is 6. The fourth-order valence-electron chi connectivity index (χ4n) is 1.01. The first-order valence-electron chi connectivity index (χ1n) is 4.47. The van der Waals surface area contributed by atoms with Gasteiger partial charge in [-0.25, -0.2) is 9.97 Å². The first-order valence-corrected chi connectivity index (χ1v) is 5.29. The lowest BCUT2D eigenvalue weighted by Crippen LogP contribution is -1.95. The quantitative estimate of drug-likeness (QED) is 0.717. The Morgan fingerprint density at radius 1 is 1.44 bits per heavy atom. The summed E-state index contributed by atoms with van der Waals surface area (Å²) >= 11 is 1.28. The number of rotatable bonds is 2. The van der Waals surface area contributed by atoms with Crippen LogP contribution in [0, 0.1) is 18.3 Å². The molecule has 0 atom stereocenters. The molecule has 0 fully saturated rings. The highest BCUT2D eigenvalue weighted by Gasteiger charge is 2.09. The summed E-state index contributed by atoms with van der Waals surface area (Å²) in [7, 11) is 1.87. The van der Waals surface area contributed by atoms with Crippen LogP contribution in [0.3, 0.4) is 0 Å². The molecule has 2 aromatic rings. The van der Waals surface area contributed by atoms with Gasteiger partial charge in [0.25, 0.3) is 0 Å². The Balaban J connectivity index is 2.27. The summed E-state index contributed by atoms with van der Waals surface area (Å²) in [5.41, 5.74) is 0.344. The Bertz CT molecular complexity index is 555. The van der Waals surface area contributed by atoms with Gasteiger partial charge in [-0.3, -0.25) is 0 Å². The summed E-state index contributed by atoms with van der Waals surface area (Å²) < 4.78 is 1.84. The third kappa shape index (κ3) is 2.01. The number of hydrogen-bond acceptors (Lipinski definition) is 6. The van der Waals surface area contributed by atoms with Crippen LogP contribution < -0.4 is 0 Å². The van der Waals surface area contributed by atoms with Gasteiger partial charge in [0.05, 0.1) is 0 Å². The molecule has 0 radical (unpaired) electrons. The van der Waals surface area contributed by atoms with Crippen molar-refractivity contribution in [3.63, 3.8) is 0 Å². The average molecular weight is 232 g/mol. The second-order valence-corrected chi connectivity index (χ2v) is 3.96. The molecule has 0 saturated carbocycles. The van der Waals surface area contributed by atoms with Gasteiger partial charge in [0.1, 0.15) is 17.6 Å². The van der Waals surface area contributed by atoms with Crippen LogP contribution in [0.5, 0.6) is 0 Å². The number of aromatic nitrogens is 5. The van der Waals surface area contributed by atoms with Crippen LogP contribution >= 0.6 is 11.8 Å². The van der Waals surface area contributed by atoms with Crippen molar-refractivity contribution in [1.82, 2.24) is 24.7 Å². The lowest BCUT2D eigenvalue weighted by atomic mass is 10.5. The molecule has 0 saturated heterocycles. The zero-order valence-corrected chi connectivity index (χ0v) is 9.56. The minimum Gasteiger partial charge on any atom is -0.309 e. The Labute approximate surface area is 96.4 Å². The molecule has 0 spiro atoms. The summed E-state index contributed by atoms with van der Waals surface area (Å²) in [6, 6.07) is 3.53. The summed E-state index contributed by atoms with van der Waals surface area (Å²) in [6.07, 6.45) is 1.55. The SMILES string of the molecule is Cc1nnc(Sc2nccc(C#N)n2)n1C. The Morgan fingerprint density at radius 3 is 2.88 bits per heavy atom. The highest BCUT2D eigenvalue weighted by molar-refractivity contribution is 7.99. The maximum atomic E-state index is 8.70. The third-order valence-electron chi connectivity index (χ3n) is 1.98. The zero-order chi connectivity index (χ0) is 11.5. The predicted molar refractivity (Wildman–Crippen MR) is 56.6 cm³/mol. The van der Waals surface area contributed by atoms with Crippen molar-refractivity contribution in [2.75, 3.05) is 0 Å². The molecule has 2 heterocycles. The van der Waals surface area contributed by atoms with E-state index in [0.29, 0.717) is 16.0 Å². The van der Waals surface area contributed by atoms with Gasteiger partial charge in [0, 0.05) is 13.2 Å². The smallest absolute Gasteiger partial charge is 0.198 e. The zero-order valence-electron chi connectivity index (χ0n) is 8.75. The molecule has 0 unspecified atom stereocenters. The van der Waals surface area contributed by atoms with Gasteiger partial charge in [-0.15, -0.1) is 10.2 Å². The van der Waals surface area contributed by atoms with E-state index in [4.69, 9.17) is 5.26 Å². The van der Waals surface area contributed by atoms with Crippen LogP contribution in [0.15, 0.2) is 22.6 Å². The molecular formula is C9H8N6S. The maximum absolute atomic E-state index is 8.70. The van der Waals surface area contributed by atoms with Crippen molar-refractivity contribution in [3.8, 4) is 6.07 Å². The van der Waals surface area contributed by atoms with Gasteiger partial charge in [-0.05, 0) is 24.8 Å². The molecule has 0 aromatic carbocycles. The van der Waals surface area contributed by atoms with E-state index in [-0.39, 0.29) is 0 Å². The average Bonchev–Trinajstić information content (AvgIpc) is 2.61. The van der Waals surface area contributed by atoms with Crippen molar-refractivity contribution >= 4 is 11.8 Å². The largest absolute Gasteiger partial charge is 0.309 e. The van der Waals surface area contributed by atoms with Crippen molar-refractivity contribution in [3.05, 3.63) is 23.8 Å². The highest BCUT2D eigenvalue weighted by atomic mass is 32.2. The molecule has 2 aromatic heterocycles. The van der Waals surface area contributed by atoms with E-state index in [1.807, 2.05) is 24.6 Å². The van der Waals surface area contributed by atoms with E-state index in [2.05, 4.69) is 20.2 Å². The highest BCUT2D eigenvalue weighted by Crippen LogP contribution is 2.21. The van der Waals surface area contributed by atoms with Gasteiger partial charge in [0.2, 0.25) is 0 Å². The van der Waals surface area contributed by atoms with E-state index in [9.17, 15) is 0 Å². The predicted octanol–water partition coefficient (Wildman–Crippen LogP) is 0.936. The van der Waals surface area contributed by atoms with Crippen LogP contribution in [0.4, 0.5) is 0 Å². The van der Waals surface area contributed by atoms with Gasteiger partial charge in [-0.1, -0.05) is 0 Å². The second-order valence-electron chi connectivity index (χ2n) is 3.03. The molecule has 6 nitrogen and oxygen atoms in total. The minimum absolute atomic E-state index is 0.344. The Morgan fingerprint density at radius 2 is 2.25 bits per heavy atom. The molecular weight excluding hydrogens is 224 g/mol. The van der Waals surface area contributed by atoms with E-state index in [1.165, 1.54) is 11.8 Å². The fraction of sp³-hybridized carbons (Fsp3) is 0.222. The minimum atomic E-state index is 0.344. The molecule has 0 bridgehead atoms. The monoisotopic (exact) mass is 232 g/mol. The molecule has 0 aliphatic carbocycles. The summed E-state index contributed by atoms with van der Waals surface area (Å²) in [5.74, 6) is 0.818. The standard InChI is InChI=1S/C9H8N6S/c1-6-13-14-9(15(6)2)16-8-11-4-3-7(5-10)12-8/h3-4H,1-2H3. The lowest BCUT2D eigenvalue weighted by Gasteiger charge is -1.99. The van der Waals surface area contributed by atoms with Crippen LogP contribution in [-0.4, -0.2) is 24.7 Å². The van der Waals surface area contributed by atoms with Crippen molar-refractivity contribution < 1.29 is 0 Å². The molecule has 0 aliphatic heterocycles. The number of nitriles is 1. The van der Waals surface area contributed by atoms with Gasteiger partial charge < -0.3 is 4.57 Å². The topological polar surface area (TPSA) is 80.3 Å². The lowest BCUT2D eigenvalue weighted by molar-refractivity contribution is 0.762.